The van der Waals surface area contributed by atoms with Crippen LogP contribution in [-0.4, -0.2) is 41.1 Å². The Hall–Kier alpha value is -2.49. The Kier molecular flexibility index (Phi) is 9.65. The van der Waals surface area contributed by atoms with Crippen molar-refractivity contribution in [3.8, 4) is 10.6 Å². The third kappa shape index (κ3) is 6.99. The number of fused-ring (bicyclic) bond motifs is 1. The summed E-state index contributed by atoms with van der Waals surface area (Å²) in [7, 11) is 0. The highest BCUT2D eigenvalue weighted by Crippen LogP contribution is 2.27. The maximum atomic E-state index is 6.07. The molecule has 3 aromatic heterocycles. The van der Waals surface area contributed by atoms with Crippen molar-refractivity contribution >= 4 is 57.9 Å². The predicted octanol–water partition coefficient (Wildman–Crippen LogP) is 4.79. The van der Waals surface area contributed by atoms with Crippen molar-refractivity contribution in [2.24, 2.45) is 5.73 Å². The molecule has 0 fully saturated rings. The molecular weight excluding hydrogens is 477 g/mol. The normalized spacial score (nSPS) is 10.7. The fourth-order valence-electron chi connectivity index (χ4n) is 3.27. The van der Waals surface area contributed by atoms with Crippen molar-refractivity contribution in [3.63, 3.8) is 0 Å². The highest BCUT2D eigenvalue weighted by atomic mass is 35.5. The van der Waals surface area contributed by atoms with Crippen LogP contribution in [-0.2, 0) is 6.54 Å². The first-order valence-corrected chi connectivity index (χ1v) is 11.8. The number of rotatable bonds is 11. The van der Waals surface area contributed by atoms with Gasteiger partial charge in [-0.2, -0.15) is 0 Å². The number of nitrogens with zero attached hydrogens (tertiary/aromatic N) is 3. The van der Waals surface area contributed by atoms with E-state index in [1.54, 1.807) is 23.7 Å². The minimum absolute atomic E-state index is 0. The number of pyridine rings is 1. The molecule has 0 radical (unpaired) electrons. The van der Waals surface area contributed by atoms with Crippen molar-refractivity contribution in [1.29, 1.82) is 0 Å². The minimum Gasteiger partial charge on any atom is -0.383 e. The van der Waals surface area contributed by atoms with Gasteiger partial charge >= 0.3 is 0 Å². The van der Waals surface area contributed by atoms with E-state index in [9.17, 15) is 0 Å². The van der Waals surface area contributed by atoms with Crippen LogP contribution in [0.1, 0.15) is 11.3 Å². The Bertz CT molecular complexity index is 1170. The molecule has 0 unspecified atom stereocenters. The van der Waals surface area contributed by atoms with Gasteiger partial charge in [-0.25, -0.2) is 9.97 Å². The fraction of sp³-hybridized carbons (Fsp3) is 0.261. The highest BCUT2D eigenvalue weighted by molar-refractivity contribution is 7.15. The first-order valence-electron chi connectivity index (χ1n) is 10.6. The van der Waals surface area contributed by atoms with Crippen LogP contribution in [0.25, 0.3) is 21.5 Å². The second-order valence-electron chi connectivity index (χ2n) is 7.22. The Balaban J connectivity index is 0.00000306. The van der Waals surface area contributed by atoms with Gasteiger partial charge in [-0.05, 0) is 55.4 Å². The van der Waals surface area contributed by atoms with Gasteiger partial charge in [0, 0.05) is 59.5 Å². The molecule has 33 heavy (non-hydrogen) atoms. The number of thiophene rings is 1. The lowest BCUT2D eigenvalue weighted by molar-refractivity contribution is 0.714. The second-order valence-corrected chi connectivity index (χ2v) is 8.83. The second kappa shape index (κ2) is 12.7. The van der Waals surface area contributed by atoms with Gasteiger partial charge in [-0.1, -0.05) is 11.6 Å². The van der Waals surface area contributed by atoms with Crippen molar-refractivity contribution in [3.05, 3.63) is 64.8 Å². The van der Waals surface area contributed by atoms with E-state index in [1.165, 1.54) is 4.88 Å². The number of hydrogen-bond acceptors (Lipinski definition) is 8. The average molecular weight is 504 g/mol. The van der Waals surface area contributed by atoms with Gasteiger partial charge in [0.05, 0.1) is 16.1 Å². The lowest BCUT2D eigenvalue weighted by Crippen LogP contribution is -2.21. The summed E-state index contributed by atoms with van der Waals surface area (Å²) in [5.41, 5.74) is 8.42. The van der Waals surface area contributed by atoms with Crippen LogP contribution < -0.4 is 21.7 Å². The molecule has 0 saturated carbocycles. The minimum atomic E-state index is 0. The summed E-state index contributed by atoms with van der Waals surface area (Å²) < 4.78 is 0. The van der Waals surface area contributed by atoms with Crippen molar-refractivity contribution in [1.82, 2.24) is 20.3 Å². The van der Waals surface area contributed by atoms with Crippen LogP contribution in [0.3, 0.4) is 0 Å². The third-order valence-corrected chi connectivity index (χ3v) is 6.20. The van der Waals surface area contributed by atoms with Crippen molar-refractivity contribution in [2.45, 2.75) is 13.0 Å². The molecule has 0 aliphatic carbocycles. The van der Waals surface area contributed by atoms with Gasteiger partial charge in [0.1, 0.15) is 0 Å². The van der Waals surface area contributed by atoms with E-state index in [0.717, 1.165) is 59.8 Å². The Morgan fingerprint density at radius 2 is 1.82 bits per heavy atom. The van der Waals surface area contributed by atoms with Crippen LogP contribution in [0, 0.1) is 0 Å². The van der Waals surface area contributed by atoms with E-state index in [0.29, 0.717) is 17.5 Å². The smallest absolute Gasteiger partial charge is 0.223 e. The number of halogens is 2. The molecule has 10 heteroatoms. The first-order chi connectivity index (χ1) is 15.7. The van der Waals surface area contributed by atoms with Crippen LogP contribution >= 0.6 is 35.3 Å². The molecule has 1 aromatic carbocycles. The molecule has 0 atom stereocenters. The maximum absolute atomic E-state index is 6.07. The number of hydrogen-bond donors (Lipinski definition) is 4. The zero-order valence-electron chi connectivity index (χ0n) is 18.1. The summed E-state index contributed by atoms with van der Waals surface area (Å²) in [6.07, 6.45) is 4.48. The zero-order chi connectivity index (χ0) is 22.2. The summed E-state index contributed by atoms with van der Waals surface area (Å²) in [4.78, 5) is 15.7. The third-order valence-electron chi connectivity index (χ3n) is 4.85. The number of aromatic nitrogens is 3. The average Bonchev–Trinajstić information content (AvgIpc) is 3.28. The SMILES string of the molecule is Cl.NCCCNc1nccc(-c2ccc(CNCCNc3ccnc4cc(Cl)ccc34)s2)n1. The summed E-state index contributed by atoms with van der Waals surface area (Å²) in [6, 6.07) is 14.0. The Morgan fingerprint density at radius 3 is 2.70 bits per heavy atom. The molecule has 0 bridgehead atoms. The Morgan fingerprint density at radius 1 is 0.939 bits per heavy atom. The van der Waals surface area contributed by atoms with Crippen molar-refractivity contribution in [2.75, 3.05) is 36.8 Å². The standard InChI is InChI=1S/C23H26ClN7S.ClH/c24-16-2-4-18-19(6-10-27-21(18)14-16)28-13-12-26-15-17-3-5-22(32-17)20-7-11-30-23(31-20)29-9-1-8-25;/h2-7,10-11,14,26H,1,8-9,12-13,15,25H2,(H,27,28)(H,29,30,31);1H. The molecule has 7 nitrogen and oxygen atoms in total. The van der Waals surface area contributed by atoms with Gasteiger partial charge in [0.15, 0.2) is 0 Å². The van der Waals surface area contributed by atoms with Crippen LogP contribution in [0.5, 0.6) is 0 Å². The van der Waals surface area contributed by atoms with Crippen LogP contribution in [0.15, 0.2) is 54.9 Å². The highest BCUT2D eigenvalue weighted by Gasteiger charge is 2.06. The van der Waals surface area contributed by atoms with Crippen LogP contribution in [0.2, 0.25) is 5.02 Å². The van der Waals surface area contributed by atoms with Crippen LogP contribution in [0.4, 0.5) is 11.6 Å². The van der Waals surface area contributed by atoms with E-state index in [1.807, 2.05) is 30.3 Å². The number of benzene rings is 1. The van der Waals surface area contributed by atoms with E-state index in [2.05, 4.69) is 43.0 Å². The summed E-state index contributed by atoms with van der Waals surface area (Å²) in [6.45, 7) is 3.89. The molecular formula is C23H27Cl2N7S. The zero-order valence-corrected chi connectivity index (χ0v) is 20.4. The molecule has 0 amide bonds. The topological polar surface area (TPSA) is 101 Å². The molecule has 5 N–H and O–H groups in total. The quantitative estimate of drug-likeness (QED) is 0.218. The Labute approximate surface area is 208 Å². The summed E-state index contributed by atoms with van der Waals surface area (Å²) in [5, 5.41) is 11.9. The molecule has 0 aliphatic heterocycles. The molecule has 0 spiro atoms. The van der Waals surface area contributed by atoms with E-state index >= 15 is 0 Å². The van der Waals surface area contributed by atoms with Gasteiger partial charge in [-0.3, -0.25) is 4.98 Å². The number of anilines is 2. The number of nitrogens with two attached hydrogens (primary N) is 1. The largest absolute Gasteiger partial charge is 0.383 e. The molecule has 174 valence electrons. The summed E-state index contributed by atoms with van der Waals surface area (Å²) >= 11 is 7.80. The van der Waals surface area contributed by atoms with Gasteiger partial charge in [0.25, 0.3) is 0 Å². The first kappa shape index (κ1) is 25.1. The number of nitrogens with one attached hydrogen (secondary N) is 3. The predicted molar refractivity (Wildman–Crippen MR) is 142 cm³/mol. The summed E-state index contributed by atoms with van der Waals surface area (Å²) in [5.74, 6) is 0.640. The van der Waals surface area contributed by atoms with Gasteiger partial charge < -0.3 is 21.7 Å². The molecule has 0 saturated heterocycles. The lowest BCUT2D eigenvalue weighted by Gasteiger charge is -2.10. The fourth-order valence-corrected chi connectivity index (χ4v) is 4.38. The molecule has 0 aliphatic rings. The van der Waals surface area contributed by atoms with E-state index < -0.39 is 0 Å². The lowest BCUT2D eigenvalue weighted by atomic mass is 10.2. The monoisotopic (exact) mass is 503 g/mol. The molecule has 4 rings (SSSR count). The van der Waals surface area contributed by atoms with Crippen molar-refractivity contribution < 1.29 is 0 Å². The molecule has 3 heterocycles. The van der Waals surface area contributed by atoms with E-state index in [-0.39, 0.29) is 12.4 Å². The van der Waals surface area contributed by atoms with Gasteiger partial charge in [-0.15, -0.1) is 23.7 Å². The van der Waals surface area contributed by atoms with E-state index in [4.69, 9.17) is 17.3 Å². The molecule has 4 aromatic rings. The maximum Gasteiger partial charge on any atom is 0.223 e. The van der Waals surface area contributed by atoms with Gasteiger partial charge in [0.2, 0.25) is 5.95 Å².